The van der Waals surface area contributed by atoms with E-state index in [2.05, 4.69) is 26.3 Å². The molecule has 0 spiro atoms. The van der Waals surface area contributed by atoms with E-state index in [-0.39, 0.29) is 11.5 Å². The van der Waals surface area contributed by atoms with E-state index in [4.69, 9.17) is 6.42 Å². The summed E-state index contributed by atoms with van der Waals surface area (Å²) in [6, 6.07) is 14.8. The van der Waals surface area contributed by atoms with Gasteiger partial charge in [0, 0.05) is 23.1 Å². The molecule has 3 rings (SSSR count). The summed E-state index contributed by atoms with van der Waals surface area (Å²) in [4.78, 5) is 26.3. The number of carbonyl (C=O) groups excluding carboxylic acids is 1. The molecule has 3 aromatic rings. The summed E-state index contributed by atoms with van der Waals surface area (Å²) in [7, 11) is 1.97. The van der Waals surface area contributed by atoms with Gasteiger partial charge in [-0.15, -0.1) is 6.42 Å². The van der Waals surface area contributed by atoms with Crippen LogP contribution in [0.3, 0.4) is 0 Å². The van der Waals surface area contributed by atoms with Crippen LogP contribution in [0.15, 0.2) is 53.3 Å². The quantitative estimate of drug-likeness (QED) is 0.459. The highest BCUT2D eigenvalue weighted by molar-refractivity contribution is 5.95. The number of aromatic amines is 1. The van der Waals surface area contributed by atoms with Crippen LogP contribution in [0.25, 0.3) is 22.0 Å². The first kappa shape index (κ1) is 20.3. The van der Waals surface area contributed by atoms with Gasteiger partial charge in [-0.1, -0.05) is 36.3 Å². The number of amides is 1. The zero-order valence-corrected chi connectivity index (χ0v) is 16.4. The standard InChI is InChI=1S/C23H24N4O2/c1-3-14-27(2)15-7-6-13-21(28)24-18-10-8-9-17(16-18)22-19-11-4-5-12-20(19)23(29)26-25-22/h1,4-5,8-12,16H,6-7,13-15H2,2H3,(H,24,28)(H,26,29). The summed E-state index contributed by atoms with van der Waals surface area (Å²) < 4.78 is 0. The van der Waals surface area contributed by atoms with Crippen LogP contribution in [0.2, 0.25) is 0 Å². The van der Waals surface area contributed by atoms with Gasteiger partial charge in [-0.3, -0.25) is 14.5 Å². The van der Waals surface area contributed by atoms with E-state index >= 15 is 0 Å². The second-order valence-corrected chi connectivity index (χ2v) is 6.97. The number of unbranched alkanes of at least 4 members (excludes halogenated alkanes) is 1. The second-order valence-electron chi connectivity index (χ2n) is 6.97. The number of hydrogen-bond acceptors (Lipinski definition) is 4. The van der Waals surface area contributed by atoms with Crippen LogP contribution in [0.5, 0.6) is 0 Å². The summed E-state index contributed by atoms with van der Waals surface area (Å²) >= 11 is 0. The van der Waals surface area contributed by atoms with Gasteiger partial charge in [-0.2, -0.15) is 5.10 Å². The molecule has 29 heavy (non-hydrogen) atoms. The van der Waals surface area contributed by atoms with Gasteiger partial charge in [0.25, 0.3) is 5.56 Å². The number of carbonyl (C=O) groups is 1. The molecule has 0 aliphatic carbocycles. The van der Waals surface area contributed by atoms with Gasteiger partial charge in [0.1, 0.15) is 0 Å². The molecule has 2 N–H and O–H groups in total. The topological polar surface area (TPSA) is 78.1 Å². The zero-order valence-electron chi connectivity index (χ0n) is 16.4. The van der Waals surface area contributed by atoms with Crippen LogP contribution in [0.4, 0.5) is 5.69 Å². The Morgan fingerprint density at radius 1 is 1.17 bits per heavy atom. The number of terminal acetylenes is 1. The first-order chi connectivity index (χ1) is 14.1. The fraction of sp³-hybridized carbons (Fsp3) is 0.261. The zero-order chi connectivity index (χ0) is 20.6. The number of H-pyrrole nitrogens is 1. The van der Waals surface area contributed by atoms with Gasteiger partial charge in [0.15, 0.2) is 0 Å². The highest BCUT2D eigenvalue weighted by Crippen LogP contribution is 2.26. The predicted molar refractivity (Wildman–Crippen MR) is 117 cm³/mol. The van der Waals surface area contributed by atoms with Crippen molar-refractivity contribution in [1.29, 1.82) is 0 Å². The van der Waals surface area contributed by atoms with Crippen molar-refractivity contribution in [3.63, 3.8) is 0 Å². The minimum absolute atomic E-state index is 0.0268. The van der Waals surface area contributed by atoms with Crippen LogP contribution in [0, 0.1) is 12.3 Å². The molecule has 0 bridgehead atoms. The fourth-order valence-corrected chi connectivity index (χ4v) is 3.20. The van der Waals surface area contributed by atoms with E-state index in [1.54, 1.807) is 6.07 Å². The molecule has 6 heteroatoms. The summed E-state index contributed by atoms with van der Waals surface area (Å²) in [6.45, 7) is 1.49. The molecule has 0 unspecified atom stereocenters. The third-order valence-electron chi connectivity index (χ3n) is 4.67. The molecule has 6 nitrogen and oxygen atoms in total. The molecule has 0 radical (unpaired) electrons. The van der Waals surface area contributed by atoms with E-state index in [1.807, 2.05) is 49.5 Å². The van der Waals surface area contributed by atoms with E-state index in [9.17, 15) is 9.59 Å². The van der Waals surface area contributed by atoms with Crippen molar-refractivity contribution in [2.24, 2.45) is 0 Å². The Labute approximate surface area is 169 Å². The molecule has 0 saturated heterocycles. The molecule has 1 aromatic heterocycles. The van der Waals surface area contributed by atoms with Crippen molar-refractivity contribution in [3.05, 3.63) is 58.9 Å². The van der Waals surface area contributed by atoms with Crippen LogP contribution >= 0.6 is 0 Å². The minimum atomic E-state index is -0.221. The minimum Gasteiger partial charge on any atom is -0.326 e. The van der Waals surface area contributed by atoms with Gasteiger partial charge < -0.3 is 5.32 Å². The van der Waals surface area contributed by atoms with Gasteiger partial charge in [0.05, 0.1) is 17.6 Å². The van der Waals surface area contributed by atoms with Crippen LogP contribution in [0.1, 0.15) is 19.3 Å². The SMILES string of the molecule is C#CCN(C)CCCCC(=O)Nc1cccc(-c2n[nH]c(=O)c3ccccc23)c1. The smallest absolute Gasteiger partial charge is 0.272 e. The summed E-state index contributed by atoms with van der Waals surface area (Å²) in [5.41, 5.74) is 1.98. The van der Waals surface area contributed by atoms with Crippen molar-refractivity contribution in [2.75, 3.05) is 25.5 Å². The Kier molecular flexibility index (Phi) is 6.77. The molecule has 2 aromatic carbocycles. The summed E-state index contributed by atoms with van der Waals surface area (Å²) in [5, 5.41) is 11.1. The average Bonchev–Trinajstić information content (AvgIpc) is 2.72. The Morgan fingerprint density at radius 2 is 1.97 bits per heavy atom. The van der Waals surface area contributed by atoms with Crippen molar-refractivity contribution in [3.8, 4) is 23.6 Å². The van der Waals surface area contributed by atoms with Crippen LogP contribution < -0.4 is 10.9 Å². The number of benzene rings is 2. The fourth-order valence-electron chi connectivity index (χ4n) is 3.20. The Hall–Kier alpha value is -3.43. The number of anilines is 1. The predicted octanol–water partition coefficient (Wildman–Crippen LogP) is 3.26. The monoisotopic (exact) mass is 388 g/mol. The van der Waals surface area contributed by atoms with Gasteiger partial charge >= 0.3 is 0 Å². The maximum Gasteiger partial charge on any atom is 0.272 e. The van der Waals surface area contributed by atoms with E-state index in [0.29, 0.717) is 29.7 Å². The molecule has 0 aliphatic heterocycles. The lowest BCUT2D eigenvalue weighted by molar-refractivity contribution is -0.116. The molecule has 0 atom stereocenters. The Balaban J connectivity index is 1.66. The second kappa shape index (κ2) is 9.67. The van der Waals surface area contributed by atoms with Gasteiger partial charge in [0.2, 0.25) is 5.91 Å². The first-order valence-corrected chi connectivity index (χ1v) is 9.58. The number of nitrogens with one attached hydrogen (secondary N) is 2. The lowest BCUT2D eigenvalue weighted by Gasteiger charge is -2.12. The van der Waals surface area contributed by atoms with Crippen molar-refractivity contribution >= 4 is 22.4 Å². The number of nitrogens with zero attached hydrogens (tertiary/aromatic N) is 2. The van der Waals surface area contributed by atoms with Crippen molar-refractivity contribution < 1.29 is 4.79 Å². The average molecular weight is 388 g/mol. The molecular weight excluding hydrogens is 364 g/mol. The van der Waals surface area contributed by atoms with Gasteiger partial charge in [-0.25, -0.2) is 5.10 Å². The van der Waals surface area contributed by atoms with Gasteiger partial charge in [-0.05, 0) is 44.6 Å². The van der Waals surface area contributed by atoms with E-state index < -0.39 is 0 Å². The normalized spacial score (nSPS) is 10.8. The first-order valence-electron chi connectivity index (χ1n) is 9.58. The maximum absolute atomic E-state index is 12.3. The molecule has 0 saturated carbocycles. The molecule has 1 amide bonds. The number of aromatic nitrogens is 2. The van der Waals surface area contributed by atoms with Crippen LogP contribution in [-0.2, 0) is 4.79 Å². The number of fused-ring (bicyclic) bond motifs is 1. The summed E-state index contributed by atoms with van der Waals surface area (Å²) in [6.07, 6.45) is 7.45. The lowest BCUT2D eigenvalue weighted by Crippen LogP contribution is -2.20. The Morgan fingerprint density at radius 3 is 2.76 bits per heavy atom. The number of rotatable bonds is 8. The third-order valence-corrected chi connectivity index (χ3v) is 4.67. The number of hydrogen-bond donors (Lipinski definition) is 2. The highest BCUT2D eigenvalue weighted by atomic mass is 16.1. The van der Waals surface area contributed by atoms with Crippen molar-refractivity contribution in [1.82, 2.24) is 15.1 Å². The molecule has 148 valence electrons. The van der Waals surface area contributed by atoms with Crippen molar-refractivity contribution in [2.45, 2.75) is 19.3 Å². The third kappa shape index (κ3) is 5.31. The van der Waals surface area contributed by atoms with E-state index in [0.717, 1.165) is 30.3 Å². The molecule has 1 heterocycles. The highest BCUT2D eigenvalue weighted by Gasteiger charge is 2.10. The molecular formula is C23H24N4O2. The molecule has 0 fully saturated rings. The van der Waals surface area contributed by atoms with E-state index in [1.165, 1.54) is 0 Å². The summed E-state index contributed by atoms with van der Waals surface area (Å²) in [5.74, 6) is 2.58. The largest absolute Gasteiger partial charge is 0.326 e. The maximum atomic E-state index is 12.3. The molecule has 0 aliphatic rings. The van der Waals surface area contributed by atoms with Crippen LogP contribution in [-0.4, -0.2) is 41.1 Å². The Bertz CT molecular complexity index is 1100. The lowest BCUT2D eigenvalue weighted by atomic mass is 10.0.